The Kier molecular flexibility index (Phi) is 5.18. The van der Waals surface area contributed by atoms with Gasteiger partial charge in [0.05, 0.1) is 21.9 Å². The van der Waals surface area contributed by atoms with Crippen molar-refractivity contribution in [1.82, 2.24) is 0 Å². The summed E-state index contributed by atoms with van der Waals surface area (Å²) in [7, 11) is 0. The van der Waals surface area contributed by atoms with E-state index in [0.29, 0.717) is 15.8 Å². The molecule has 1 aromatic heterocycles. The number of rotatable bonds is 5. The van der Waals surface area contributed by atoms with Crippen molar-refractivity contribution in [2.45, 2.75) is 38.4 Å². The molecule has 2 heterocycles. The van der Waals surface area contributed by atoms with Crippen molar-refractivity contribution in [1.29, 1.82) is 0 Å². The summed E-state index contributed by atoms with van der Waals surface area (Å²) in [6.45, 7) is 3.07. The van der Waals surface area contributed by atoms with E-state index < -0.39 is 6.10 Å². The van der Waals surface area contributed by atoms with E-state index in [1.807, 2.05) is 0 Å². The van der Waals surface area contributed by atoms with E-state index in [1.54, 1.807) is 19.1 Å². The van der Waals surface area contributed by atoms with E-state index in [4.69, 9.17) is 21.1 Å². The number of thiophene rings is 1. The molecule has 0 aromatic carbocycles. The van der Waals surface area contributed by atoms with Gasteiger partial charge in [0.1, 0.15) is 6.10 Å². The zero-order valence-electron chi connectivity index (χ0n) is 10.4. The Morgan fingerprint density at radius 2 is 2.44 bits per heavy atom. The van der Waals surface area contributed by atoms with Gasteiger partial charge in [0, 0.05) is 6.61 Å². The highest BCUT2D eigenvalue weighted by atomic mass is 35.5. The number of hydrogen-bond donors (Lipinski definition) is 0. The fraction of sp³-hybridized carbons (Fsp3) is 0.615. The predicted octanol–water partition coefficient (Wildman–Crippen LogP) is 3.56. The summed E-state index contributed by atoms with van der Waals surface area (Å²) in [6, 6.07) is 3.47. The van der Waals surface area contributed by atoms with Gasteiger partial charge in [0.15, 0.2) is 0 Å². The standard InChI is InChI=1S/C13H17ClO3S/c1-9(13(15)11-5-6-12(14)18-11)17-8-10-4-2-3-7-16-10/h5-6,9-10H,2-4,7-8H2,1H3. The van der Waals surface area contributed by atoms with Gasteiger partial charge in [-0.05, 0) is 38.3 Å². The third-order valence-electron chi connectivity index (χ3n) is 2.99. The van der Waals surface area contributed by atoms with Gasteiger partial charge in [0.2, 0.25) is 5.78 Å². The molecule has 100 valence electrons. The van der Waals surface area contributed by atoms with Crippen LogP contribution in [0.5, 0.6) is 0 Å². The molecule has 1 aliphatic heterocycles. The molecule has 18 heavy (non-hydrogen) atoms. The van der Waals surface area contributed by atoms with Crippen molar-refractivity contribution >= 4 is 28.7 Å². The summed E-state index contributed by atoms with van der Waals surface area (Å²) >= 11 is 7.10. The molecule has 0 saturated carbocycles. The molecule has 1 fully saturated rings. The van der Waals surface area contributed by atoms with Crippen LogP contribution in [0.25, 0.3) is 0 Å². The lowest BCUT2D eigenvalue weighted by Gasteiger charge is -2.23. The van der Waals surface area contributed by atoms with E-state index in [0.717, 1.165) is 19.4 Å². The van der Waals surface area contributed by atoms with Gasteiger partial charge in [-0.15, -0.1) is 11.3 Å². The maximum Gasteiger partial charge on any atom is 0.201 e. The molecule has 0 radical (unpaired) electrons. The lowest BCUT2D eigenvalue weighted by molar-refractivity contribution is -0.0525. The molecule has 0 spiro atoms. The van der Waals surface area contributed by atoms with Gasteiger partial charge in [0.25, 0.3) is 0 Å². The van der Waals surface area contributed by atoms with E-state index >= 15 is 0 Å². The minimum absolute atomic E-state index is 0.0114. The quantitative estimate of drug-likeness (QED) is 0.777. The highest BCUT2D eigenvalue weighted by Crippen LogP contribution is 2.23. The highest BCUT2D eigenvalue weighted by molar-refractivity contribution is 7.18. The molecule has 2 rings (SSSR count). The van der Waals surface area contributed by atoms with Crippen LogP contribution in [0.15, 0.2) is 12.1 Å². The van der Waals surface area contributed by atoms with Gasteiger partial charge in [-0.2, -0.15) is 0 Å². The summed E-state index contributed by atoms with van der Waals surface area (Å²) in [5.74, 6) is -0.0114. The molecular formula is C13H17ClO3S. The molecule has 0 amide bonds. The lowest BCUT2D eigenvalue weighted by Crippen LogP contribution is -2.29. The number of hydrogen-bond acceptors (Lipinski definition) is 4. The number of halogens is 1. The zero-order valence-corrected chi connectivity index (χ0v) is 11.9. The second-order valence-electron chi connectivity index (χ2n) is 4.43. The van der Waals surface area contributed by atoms with Gasteiger partial charge in [-0.1, -0.05) is 11.6 Å². The molecular weight excluding hydrogens is 272 g/mol. The lowest BCUT2D eigenvalue weighted by atomic mass is 10.1. The summed E-state index contributed by atoms with van der Waals surface area (Å²) in [4.78, 5) is 12.7. The van der Waals surface area contributed by atoms with Crippen molar-refractivity contribution < 1.29 is 14.3 Å². The maximum absolute atomic E-state index is 12.0. The Labute approximate surface area is 116 Å². The van der Waals surface area contributed by atoms with Gasteiger partial charge in [-0.25, -0.2) is 0 Å². The third kappa shape index (κ3) is 3.79. The van der Waals surface area contributed by atoms with Gasteiger partial charge in [-0.3, -0.25) is 4.79 Å². The van der Waals surface area contributed by atoms with Crippen LogP contribution in [0.2, 0.25) is 4.34 Å². The third-order valence-corrected chi connectivity index (χ3v) is 4.24. The number of Topliss-reactive ketones (excluding diaryl/α,β-unsaturated/α-hetero) is 1. The van der Waals surface area contributed by atoms with Crippen LogP contribution in [-0.4, -0.2) is 31.2 Å². The largest absolute Gasteiger partial charge is 0.376 e. The molecule has 0 aliphatic carbocycles. The zero-order chi connectivity index (χ0) is 13.0. The first-order valence-corrected chi connectivity index (χ1v) is 7.39. The molecule has 1 aliphatic rings. The van der Waals surface area contributed by atoms with Crippen LogP contribution >= 0.6 is 22.9 Å². The Balaban J connectivity index is 1.80. The predicted molar refractivity (Wildman–Crippen MR) is 72.7 cm³/mol. The van der Waals surface area contributed by atoms with Crippen LogP contribution in [-0.2, 0) is 9.47 Å². The van der Waals surface area contributed by atoms with Crippen molar-refractivity contribution in [2.75, 3.05) is 13.2 Å². The number of ether oxygens (including phenoxy) is 2. The monoisotopic (exact) mass is 288 g/mol. The Morgan fingerprint density at radius 3 is 3.06 bits per heavy atom. The Bertz CT molecular complexity index is 399. The molecule has 0 bridgehead atoms. The fourth-order valence-corrected chi connectivity index (χ4v) is 2.97. The van der Waals surface area contributed by atoms with Gasteiger partial charge < -0.3 is 9.47 Å². The summed E-state index contributed by atoms with van der Waals surface area (Å²) < 4.78 is 11.8. The average molecular weight is 289 g/mol. The van der Waals surface area contributed by atoms with E-state index in [2.05, 4.69) is 0 Å². The highest BCUT2D eigenvalue weighted by Gasteiger charge is 2.20. The topological polar surface area (TPSA) is 35.5 Å². The van der Waals surface area contributed by atoms with Crippen LogP contribution in [0.1, 0.15) is 35.9 Å². The minimum atomic E-state index is -0.440. The molecule has 2 atom stereocenters. The Morgan fingerprint density at radius 1 is 1.61 bits per heavy atom. The van der Waals surface area contributed by atoms with Crippen molar-refractivity contribution in [3.8, 4) is 0 Å². The first-order chi connectivity index (χ1) is 8.66. The Hall–Kier alpha value is -0.420. The van der Waals surface area contributed by atoms with Crippen LogP contribution in [0, 0.1) is 0 Å². The van der Waals surface area contributed by atoms with E-state index in [1.165, 1.54) is 17.8 Å². The second-order valence-corrected chi connectivity index (χ2v) is 6.15. The van der Waals surface area contributed by atoms with E-state index in [9.17, 15) is 4.79 Å². The van der Waals surface area contributed by atoms with Crippen LogP contribution < -0.4 is 0 Å². The first-order valence-electron chi connectivity index (χ1n) is 6.19. The van der Waals surface area contributed by atoms with E-state index in [-0.39, 0.29) is 11.9 Å². The molecule has 5 heteroatoms. The molecule has 1 aromatic rings. The fourth-order valence-electron chi connectivity index (χ4n) is 1.91. The minimum Gasteiger partial charge on any atom is -0.376 e. The van der Waals surface area contributed by atoms with Crippen molar-refractivity contribution in [3.05, 3.63) is 21.3 Å². The number of carbonyl (C=O) groups excluding carboxylic acids is 1. The smallest absolute Gasteiger partial charge is 0.201 e. The summed E-state index contributed by atoms with van der Waals surface area (Å²) in [5.41, 5.74) is 0. The molecule has 3 nitrogen and oxygen atoms in total. The maximum atomic E-state index is 12.0. The van der Waals surface area contributed by atoms with Crippen molar-refractivity contribution in [2.24, 2.45) is 0 Å². The van der Waals surface area contributed by atoms with Crippen LogP contribution in [0.4, 0.5) is 0 Å². The normalized spacial score (nSPS) is 21.8. The average Bonchev–Trinajstić information content (AvgIpc) is 2.83. The second kappa shape index (κ2) is 6.66. The summed E-state index contributed by atoms with van der Waals surface area (Å²) in [5, 5.41) is 0. The van der Waals surface area contributed by atoms with Gasteiger partial charge >= 0.3 is 0 Å². The molecule has 1 saturated heterocycles. The van der Waals surface area contributed by atoms with Crippen LogP contribution in [0.3, 0.4) is 0 Å². The molecule has 2 unspecified atom stereocenters. The SMILES string of the molecule is CC(OCC1CCCCO1)C(=O)c1ccc(Cl)s1. The summed E-state index contributed by atoms with van der Waals surface area (Å²) in [6.07, 6.45) is 3.02. The van der Waals surface area contributed by atoms with Crippen molar-refractivity contribution in [3.63, 3.8) is 0 Å². The molecule has 0 N–H and O–H groups in total. The number of carbonyl (C=O) groups is 1. The number of ketones is 1. The first kappa shape index (κ1) is 14.0.